The molecule has 7 nitrogen and oxygen atoms in total. The molecule has 18 heavy (non-hydrogen) atoms. The first kappa shape index (κ1) is 14.9. The standard InChI is InChI=1S/C11H21N3O4/c15-10(13-4-7-18-9-11(16)17)8-14-5-1-2-12-3-6-14/h12H,1-9H2,(H,13,15)(H,16,17). The summed E-state index contributed by atoms with van der Waals surface area (Å²) < 4.78 is 4.82. The number of carbonyl (C=O) groups is 2. The van der Waals surface area contributed by atoms with Gasteiger partial charge < -0.3 is 20.5 Å². The van der Waals surface area contributed by atoms with Gasteiger partial charge in [-0.2, -0.15) is 0 Å². The summed E-state index contributed by atoms with van der Waals surface area (Å²) in [4.78, 5) is 23.8. The van der Waals surface area contributed by atoms with E-state index in [0.29, 0.717) is 13.1 Å². The van der Waals surface area contributed by atoms with Gasteiger partial charge in [0, 0.05) is 19.6 Å². The summed E-state index contributed by atoms with van der Waals surface area (Å²) in [5, 5.41) is 14.3. The Morgan fingerprint density at radius 3 is 2.94 bits per heavy atom. The number of hydrogen-bond donors (Lipinski definition) is 3. The topological polar surface area (TPSA) is 90.9 Å². The maximum Gasteiger partial charge on any atom is 0.329 e. The molecule has 0 aromatic heterocycles. The molecule has 0 aromatic carbocycles. The number of carboxylic acids is 1. The first-order valence-electron chi connectivity index (χ1n) is 6.18. The van der Waals surface area contributed by atoms with Crippen LogP contribution in [0.3, 0.4) is 0 Å². The monoisotopic (exact) mass is 259 g/mol. The molecule has 0 bridgehead atoms. The van der Waals surface area contributed by atoms with Gasteiger partial charge in [-0.3, -0.25) is 9.69 Å². The summed E-state index contributed by atoms with van der Waals surface area (Å²) >= 11 is 0. The van der Waals surface area contributed by atoms with Crippen LogP contribution in [0.4, 0.5) is 0 Å². The van der Waals surface area contributed by atoms with E-state index in [4.69, 9.17) is 9.84 Å². The third kappa shape index (κ3) is 7.21. The van der Waals surface area contributed by atoms with E-state index in [0.717, 1.165) is 32.6 Å². The fourth-order valence-electron chi connectivity index (χ4n) is 1.74. The number of amides is 1. The molecule has 0 radical (unpaired) electrons. The van der Waals surface area contributed by atoms with Crippen LogP contribution in [0.1, 0.15) is 6.42 Å². The van der Waals surface area contributed by atoms with E-state index in [9.17, 15) is 9.59 Å². The second-order valence-corrected chi connectivity index (χ2v) is 4.18. The Labute approximate surface area is 106 Å². The average molecular weight is 259 g/mol. The summed E-state index contributed by atoms with van der Waals surface area (Å²) in [6, 6.07) is 0. The van der Waals surface area contributed by atoms with Crippen molar-refractivity contribution in [2.75, 3.05) is 52.5 Å². The van der Waals surface area contributed by atoms with Crippen LogP contribution in [0.25, 0.3) is 0 Å². The Morgan fingerprint density at radius 2 is 2.17 bits per heavy atom. The Balaban J connectivity index is 2.03. The molecule has 0 atom stereocenters. The predicted octanol–water partition coefficient (Wildman–Crippen LogP) is -1.50. The molecule has 1 amide bonds. The third-order valence-corrected chi connectivity index (χ3v) is 2.59. The van der Waals surface area contributed by atoms with Crippen molar-refractivity contribution >= 4 is 11.9 Å². The molecule has 104 valence electrons. The zero-order chi connectivity index (χ0) is 13.2. The van der Waals surface area contributed by atoms with Crippen molar-refractivity contribution in [1.82, 2.24) is 15.5 Å². The average Bonchev–Trinajstić information content (AvgIpc) is 2.56. The molecule has 0 spiro atoms. The summed E-state index contributed by atoms with van der Waals surface area (Å²) in [7, 11) is 0. The quantitative estimate of drug-likeness (QED) is 0.482. The van der Waals surface area contributed by atoms with Crippen LogP contribution in [0.15, 0.2) is 0 Å². The Morgan fingerprint density at radius 1 is 1.33 bits per heavy atom. The molecule has 3 N–H and O–H groups in total. The maximum absolute atomic E-state index is 11.6. The van der Waals surface area contributed by atoms with Crippen molar-refractivity contribution < 1.29 is 19.4 Å². The van der Waals surface area contributed by atoms with Gasteiger partial charge in [0.1, 0.15) is 6.61 Å². The summed E-state index contributed by atoms with van der Waals surface area (Å²) in [5.74, 6) is -1.05. The number of hydrogen-bond acceptors (Lipinski definition) is 5. The van der Waals surface area contributed by atoms with Crippen molar-refractivity contribution in [2.45, 2.75) is 6.42 Å². The van der Waals surface area contributed by atoms with Gasteiger partial charge in [0.2, 0.25) is 5.91 Å². The van der Waals surface area contributed by atoms with Crippen molar-refractivity contribution in [2.24, 2.45) is 0 Å². The molecule has 1 heterocycles. The molecule has 1 fully saturated rings. The van der Waals surface area contributed by atoms with Crippen LogP contribution in [0, 0.1) is 0 Å². The zero-order valence-electron chi connectivity index (χ0n) is 10.5. The van der Waals surface area contributed by atoms with Gasteiger partial charge >= 0.3 is 5.97 Å². The Kier molecular flexibility index (Phi) is 7.31. The minimum atomic E-state index is -1.00. The fourth-order valence-corrected chi connectivity index (χ4v) is 1.74. The molecule has 0 aromatic rings. The van der Waals surface area contributed by atoms with Crippen molar-refractivity contribution in [3.63, 3.8) is 0 Å². The fraction of sp³-hybridized carbons (Fsp3) is 0.818. The van der Waals surface area contributed by atoms with E-state index in [2.05, 4.69) is 15.5 Å². The first-order chi connectivity index (χ1) is 8.68. The molecule has 1 rings (SSSR count). The zero-order valence-corrected chi connectivity index (χ0v) is 10.5. The first-order valence-corrected chi connectivity index (χ1v) is 6.18. The summed E-state index contributed by atoms with van der Waals surface area (Å²) in [6.45, 7) is 4.35. The molecule has 1 saturated heterocycles. The Bertz CT molecular complexity index is 265. The second-order valence-electron chi connectivity index (χ2n) is 4.18. The Hall–Kier alpha value is -1.18. The SMILES string of the molecule is O=C(O)COCCNC(=O)CN1CCCNCC1. The lowest BCUT2D eigenvalue weighted by molar-refractivity contribution is -0.142. The van der Waals surface area contributed by atoms with Gasteiger partial charge in [-0.1, -0.05) is 0 Å². The van der Waals surface area contributed by atoms with E-state index < -0.39 is 5.97 Å². The van der Waals surface area contributed by atoms with Crippen LogP contribution in [-0.2, 0) is 14.3 Å². The van der Waals surface area contributed by atoms with Gasteiger partial charge in [-0.25, -0.2) is 4.79 Å². The molecule has 7 heteroatoms. The molecule has 0 saturated carbocycles. The van der Waals surface area contributed by atoms with E-state index in [-0.39, 0.29) is 19.1 Å². The summed E-state index contributed by atoms with van der Waals surface area (Å²) in [5.41, 5.74) is 0. The minimum absolute atomic E-state index is 0.0455. The predicted molar refractivity (Wildman–Crippen MR) is 65.4 cm³/mol. The lowest BCUT2D eigenvalue weighted by Gasteiger charge is -2.18. The molecule has 1 aliphatic heterocycles. The lowest BCUT2D eigenvalue weighted by atomic mass is 10.4. The molecule has 1 aliphatic rings. The lowest BCUT2D eigenvalue weighted by Crippen LogP contribution is -2.40. The van der Waals surface area contributed by atoms with Gasteiger partial charge in [-0.15, -0.1) is 0 Å². The number of nitrogens with zero attached hydrogens (tertiary/aromatic N) is 1. The third-order valence-electron chi connectivity index (χ3n) is 2.59. The number of ether oxygens (including phenoxy) is 1. The van der Waals surface area contributed by atoms with Gasteiger partial charge in [0.25, 0.3) is 0 Å². The minimum Gasteiger partial charge on any atom is -0.480 e. The normalized spacial score (nSPS) is 17.1. The summed E-state index contributed by atoms with van der Waals surface area (Å²) in [6.07, 6.45) is 1.05. The van der Waals surface area contributed by atoms with Gasteiger partial charge in [0.15, 0.2) is 0 Å². The van der Waals surface area contributed by atoms with Gasteiger partial charge in [0.05, 0.1) is 13.2 Å². The maximum atomic E-state index is 11.6. The number of carboxylic acid groups (broad SMARTS) is 1. The van der Waals surface area contributed by atoms with E-state index >= 15 is 0 Å². The van der Waals surface area contributed by atoms with Gasteiger partial charge in [-0.05, 0) is 19.5 Å². The van der Waals surface area contributed by atoms with E-state index in [1.165, 1.54) is 0 Å². The highest BCUT2D eigenvalue weighted by molar-refractivity contribution is 5.78. The second kappa shape index (κ2) is 8.84. The highest BCUT2D eigenvalue weighted by atomic mass is 16.5. The highest BCUT2D eigenvalue weighted by Crippen LogP contribution is 1.94. The number of nitrogens with one attached hydrogen (secondary N) is 2. The van der Waals surface area contributed by atoms with Crippen LogP contribution >= 0.6 is 0 Å². The number of carbonyl (C=O) groups excluding carboxylic acids is 1. The van der Waals surface area contributed by atoms with Crippen LogP contribution in [0.2, 0.25) is 0 Å². The smallest absolute Gasteiger partial charge is 0.329 e. The van der Waals surface area contributed by atoms with Crippen molar-refractivity contribution in [3.05, 3.63) is 0 Å². The van der Waals surface area contributed by atoms with Crippen LogP contribution < -0.4 is 10.6 Å². The largest absolute Gasteiger partial charge is 0.480 e. The molecular formula is C11H21N3O4. The van der Waals surface area contributed by atoms with E-state index in [1.807, 2.05) is 0 Å². The molecule has 0 unspecified atom stereocenters. The number of rotatable bonds is 7. The van der Waals surface area contributed by atoms with Crippen LogP contribution in [0.5, 0.6) is 0 Å². The molecular weight excluding hydrogens is 238 g/mol. The highest BCUT2D eigenvalue weighted by Gasteiger charge is 2.12. The van der Waals surface area contributed by atoms with Crippen molar-refractivity contribution in [3.8, 4) is 0 Å². The van der Waals surface area contributed by atoms with Crippen molar-refractivity contribution in [1.29, 1.82) is 0 Å². The van der Waals surface area contributed by atoms with E-state index in [1.54, 1.807) is 0 Å². The van der Waals surface area contributed by atoms with Crippen LogP contribution in [-0.4, -0.2) is 74.4 Å². The molecule has 0 aliphatic carbocycles. The number of aliphatic carboxylic acids is 1.